The first-order valence-electron chi connectivity index (χ1n) is 2.74. The second-order valence-electron chi connectivity index (χ2n) is 1.24. The molecule has 2 N–H and O–H groups in total. The van der Waals surface area contributed by atoms with Crippen LogP contribution in [0.1, 0.15) is 0 Å². The Balaban J connectivity index is 0. The number of nitrogens with zero attached hydrogens (tertiary/aromatic N) is 1. The van der Waals surface area contributed by atoms with Gasteiger partial charge in [0.05, 0.1) is 6.07 Å². The van der Waals surface area contributed by atoms with Crippen LogP contribution in [-0.2, 0) is 4.79 Å². The Labute approximate surface area is 65.5 Å². The molecule has 0 bridgehead atoms. The lowest BCUT2D eigenvalue weighted by Gasteiger charge is -1.89. The average Bonchev–Trinajstić information content (AvgIpc) is 2.05. The summed E-state index contributed by atoms with van der Waals surface area (Å²) in [5.74, 6) is -0.359. The Hall–Kier alpha value is -1.60. The van der Waals surface area contributed by atoms with Gasteiger partial charge in [-0.2, -0.15) is 5.26 Å². The minimum atomic E-state index is -0.359. The first-order valence-corrected chi connectivity index (χ1v) is 2.74. The molecule has 0 aromatic rings. The van der Waals surface area contributed by atoms with E-state index in [4.69, 9.17) is 10.4 Å². The van der Waals surface area contributed by atoms with Crippen molar-refractivity contribution in [2.75, 3.05) is 6.73 Å². The summed E-state index contributed by atoms with van der Waals surface area (Å²) in [4.78, 5) is 10.0. The van der Waals surface area contributed by atoms with E-state index in [0.29, 0.717) is 0 Å². The van der Waals surface area contributed by atoms with Crippen LogP contribution < -0.4 is 5.32 Å². The van der Waals surface area contributed by atoms with Crippen molar-refractivity contribution >= 4 is 5.91 Å². The van der Waals surface area contributed by atoms with E-state index in [0.717, 1.165) is 6.08 Å². The van der Waals surface area contributed by atoms with E-state index in [1.165, 1.54) is 6.08 Å². The van der Waals surface area contributed by atoms with Crippen LogP contribution in [0.25, 0.3) is 0 Å². The lowest BCUT2D eigenvalue weighted by atomic mass is 10.6. The van der Waals surface area contributed by atoms with E-state index in [9.17, 15) is 4.79 Å². The zero-order chi connectivity index (χ0) is 9.11. The Morgan fingerprint density at radius 1 is 1.73 bits per heavy atom. The summed E-state index contributed by atoms with van der Waals surface area (Å²) in [5.41, 5.74) is 0. The molecule has 1 amide bonds. The van der Waals surface area contributed by atoms with Crippen LogP contribution in [0.3, 0.4) is 0 Å². The summed E-state index contributed by atoms with van der Waals surface area (Å²) in [6, 6.07) is 1.69. The van der Waals surface area contributed by atoms with Crippen LogP contribution >= 0.6 is 0 Å². The topological polar surface area (TPSA) is 73.1 Å². The molecule has 4 nitrogen and oxygen atoms in total. The van der Waals surface area contributed by atoms with Gasteiger partial charge in [-0.15, -0.1) is 0 Å². The van der Waals surface area contributed by atoms with E-state index in [1.807, 2.05) is 0 Å². The molecule has 0 radical (unpaired) electrons. The maximum atomic E-state index is 10.0. The van der Waals surface area contributed by atoms with Crippen LogP contribution in [0, 0.1) is 11.3 Å². The molecule has 11 heavy (non-hydrogen) atoms. The summed E-state index contributed by atoms with van der Waals surface area (Å²) < 4.78 is 0. The number of carbonyl (C=O) groups excluding carboxylic acids is 1. The van der Waals surface area contributed by atoms with Crippen LogP contribution in [-0.4, -0.2) is 17.7 Å². The van der Waals surface area contributed by atoms with Crippen molar-refractivity contribution in [3.63, 3.8) is 0 Å². The van der Waals surface area contributed by atoms with Crippen molar-refractivity contribution in [1.29, 1.82) is 5.26 Å². The SMILES string of the molecule is C=CC#N.C=CC(=O)NCO. The highest BCUT2D eigenvalue weighted by molar-refractivity contribution is 5.86. The molecule has 0 aliphatic heterocycles. The van der Waals surface area contributed by atoms with Gasteiger partial charge in [-0.1, -0.05) is 13.2 Å². The number of allylic oxidation sites excluding steroid dienone is 1. The van der Waals surface area contributed by atoms with Gasteiger partial charge in [-0.3, -0.25) is 4.79 Å². The van der Waals surface area contributed by atoms with E-state index >= 15 is 0 Å². The van der Waals surface area contributed by atoms with Crippen LogP contribution in [0.5, 0.6) is 0 Å². The van der Waals surface area contributed by atoms with Crippen molar-refractivity contribution in [3.8, 4) is 6.07 Å². The highest BCUT2D eigenvalue weighted by Gasteiger charge is 1.84. The summed E-state index contributed by atoms with van der Waals surface area (Å²) in [6.45, 7) is 5.95. The number of aliphatic hydroxyl groups is 1. The molecule has 0 aliphatic carbocycles. The summed E-state index contributed by atoms with van der Waals surface area (Å²) in [6.07, 6.45) is 2.27. The number of carbonyl (C=O) groups is 1. The molecule has 4 heteroatoms. The molecular weight excluding hydrogens is 144 g/mol. The maximum Gasteiger partial charge on any atom is 0.245 e. The van der Waals surface area contributed by atoms with Crippen LogP contribution in [0.2, 0.25) is 0 Å². The second-order valence-corrected chi connectivity index (χ2v) is 1.24. The fourth-order valence-corrected chi connectivity index (χ4v) is 0.150. The number of nitrogens with one attached hydrogen (secondary N) is 1. The number of rotatable bonds is 2. The van der Waals surface area contributed by atoms with Gasteiger partial charge in [-0.25, -0.2) is 0 Å². The van der Waals surface area contributed by atoms with Gasteiger partial charge < -0.3 is 10.4 Å². The lowest BCUT2D eigenvalue weighted by Crippen LogP contribution is -2.20. The Bertz CT molecular complexity index is 170. The third-order valence-electron chi connectivity index (χ3n) is 0.530. The van der Waals surface area contributed by atoms with Crippen molar-refractivity contribution in [3.05, 3.63) is 25.3 Å². The van der Waals surface area contributed by atoms with Crippen molar-refractivity contribution in [1.82, 2.24) is 5.32 Å². The molecule has 0 spiro atoms. The smallest absolute Gasteiger partial charge is 0.245 e. The van der Waals surface area contributed by atoms with Crippen LogP contribution in [0.4, 0.5) is 0 Å². The van der Waals surface area contributed by atoms with Gasteiger partial charge in [0.25, 0.3) is 0 Å². The molecule has 0 atom stereocenters. The molecule has 0 aliphatic rings. The molecular formula is C7H10N2O2. The normalized spacial score (nSPS) is 6.18. The molecule has 0 saturated heterocycles. The van der Waals surface area contributed by atoms with Gasteiger partial charge in [0.2, 0.25) is 5.91 Å². The van der Waals surface area contributed by atoms with E-state index in [2.05, 4.69) is 18.5 Å². The zero-order valence-corrected chi connectivity index (χ0v) is 6.08. The van der Waals surface area contributed by atoms with Crippen molar-refractivity contribution in [2.45, 2.75) is 0 Å². The Morgan fingerprint density at radius 2 is 2.18 bits per heavy atom. The van der Waals surface area contributed by atoms with E-state index < -0.39 is 0 Å². The molecule has 0 aromatic heterocycles. The fourth-order valence-electron chi connectivity index (χ4n) is 0.150. The highest BCUT2D eigenvalue weighted by atomic mass is 16.3. The number of aliphatic hydroxyl groups excluding tert-OH is 1. The number of nitriles is 1. The summed E-state index contributed by atoms with van der Waals surface area (Å²) >= 11 is 0. The highest BCUT2D eigenvalue weighted by Crippen LogP contribution is 1.59. The molecule has 0 saturated carbocycles. The van der Waals surface area contributed by atoms with Crippen molar-refractivity contribution in [2.24, 2.45) is 0 Å². The van der Waals surface area contributed by atoms with Gasteiger partial charge in [-0.05, 0) is 6.08 Å². The molecule has 0 unspecified atom stereocenters. The molecule has 0 heterocycles. The van der Waals surface area contributed by atoms with Crippen molar-refractivity contribution < 1.29 is 9.90 Å². The van der Waals surface area contributed by atoms with Gasteiger partial charge in [0.1, 0.15) is 6.73 Å². The summed E-state index contributed by atoms with van der Waals surface area (Å²) in [5, 5.41) is 17.6. The standard InChI is InChI=1S/C4H7NO2.C3H3N/c1-2-4(7)5-3-6;1-2-3-4/h2,6H,1,3H2,(H,5,7);2H,1H2. The lowest BCUT2D eigenvalue weighted by molar-refractivity contribution is -0.117. The van der Waals surface area contributed by atoms with Crippen LogP contribution in [0.15, 0.2) is 25.3 Å². The third kappa shape index (κ3) is 17.8. The quantitative estimate of drug-likeness (QED) is 0.332. The summed E-state index contributed by atoms with van der Waals surface area (Å²) in [7, 11) is 0. The van der Waals surface area contributed by atoms with Gasteiger partial charge >= 0.3 is 0 Å². The maximum absolute atomic E-state index is 10.0. The Morgan fingerprint density at radius 3 is 2.27 bits per heavy atom. The predicted molar refractivity (Wildman–Crippen MR) is 41.2 cm³/mol. The van der Waals surface area contributed by atoms with E-state index in [-0.39, 0.29) is 12.6 Å². The molecule has 0 fully saturated rings. The third-order valence-corrected chi connectivity index (χ3v) is 0.530. The average molecular weight is 154 g/mol. The zero-order valence-electron chi connectivity index (χ0n) is 6.08. The minimum Gasteiger partial charge on any atom is -0.376 e. The minimum absolute atomic E-state index is 0.329. The molecule has 0 aromatic carbocycles. The monoisotopic (exact) mass is 154 g/mol. The van der Waals surface area contributed by atoms with Gasteiger partial charge in [0, 0.05) is 6.08 Å². The molecule has 0 rings (SSSR count). The predicted octanol–water partition coefficient (Wildman–Crippen LogP) is -0.0656. The second kappa shape index (κ2) is 11.2. The number of hydrogen-bond acceptors (Lipinski definition) is 3. The fraction of sp³-hybridized carbons (Fsp3) is 0.143. The first kappa shape index (κ1) is 12.1. The first-order chi connectivity index (χ1) is 5.22. The Kier molecular flexibility index (Phi) is 12.4. The van der Waals surface area contributed by atoms with E-state index in [1.54, 1.807) is 6.07 Å². The molecule has 60 valence electrons. The van der Waals surface area contributed by atoms with Gasteiger partial charge in [0.15, 0.2) is 0 Å². The largest absolute Gasteiger partial charge is 0.376 e. The number of hydrogen-bond donors (Lipinski definition) is 2. The number of amides is 1.